The van der Waals surface area contributed by atoms with E-state index in [-0.39, 0.29) is 11.0 Å². The smallest absolute Gasteiger partial charge is 0.261 e. The fourth-order valence-corrected chi connectivity index (χ4v) is 3.74. The van der Waals surface area contributed by atoms with Gasteiger partial charge in [-0.25, -0.2) is 8.78 Å². The summed E-state index contributed by atoms with van der Waals surface area (Å²) in [6.45, 7) is 8.59. The predicted octanol–water partition coefficient (Wildman–Crippen LogP) is 7.74. The Bertz CT molecular complexity index is 989. The van der Waals surface area contributed by atoms with Crippen molar-refractivity contribution in [3.05, 3.63) is 82.9 Å². The third-order valence-corrected chi connectivity index (χ3v) is 5.51. The molecule has 0 spiro atoms. The molecule has 0 aliphatic carbocycles. The number of halogens is 2. The second-order valence-electron chi connectivity index (χ2n) is 9.50. The van der Waals surface area contributed by atoms with E-state index in [9.17, 15) is 8.78 Å². The summed E-state index contributed by atoms with van der Waals surface area (Å²) in [7, 11) is 0. The van der Waals surface area contributed by atoms with Crippen molar-refractivity contribution in [1.82, 2.24) is 9.97 Å². The summed E-state index contributed by atoms with van der Waals surface area (Å²) in [5, 5.41) is 0. The van der Waals surface area contributed by atoms with Gasteiger partial charge in [0.1, 0.15) is 0 Å². The average Bonchev–Trinajstić information content (AvgIpc) is 2.72. The SMILES string of the molecule is Cc1ccc(Cc2cc(-c3ccc(CCCCC(C)(C)C)c(C(F)F)c3)ccn2)cn1. The van der Waals surface area contributed by atoms with E-state index in [1.165, 1.54) is 0 Å². The Morgan fingerprint density at radius 1 is 0.903 bits per heavy atom. The second-order valence-corrected chi connectivity index (χ2v) is 9.50. The number of aromatic nitrogens is 2. The van der Waals surface area contributed by atoms with Crippen molar-refractivity contribution >= 4 is 0 Å². The molecule has 0 unspecified atom stereocenters. The van der Waals surface area contributed by atoms with Gasteiger partial charge in [0.25, 0.3) is 6.43 Å². The highest BCUT2D eigenvalue weighted by Crippen LogP contribution is 2.31. The number of alkyl halides is 2. The summed E-state index contributed by atoms with van der Waals surface area (Å²) in [4.78, 5) is 8.78. The fourth-order valence-electron chi connectivity index (χ4n) is 3.74. The molecule has 2 nitrogen and oxygen atoms in total. The van der Waals surface area contributed by atoms with Crippen LogP contribution >= 0.6 is 0 Å². The zero-order valence-corrected chi connectivity index (χ0v) is 19.0. The van der Waals surface area contributed by atoms with E-state index in [1.807, 2.05) is 49.5 Å². The fraction of sp³-hybridized carbons (Fsp3) is 0.407. The second kappa shape index (κ2) is 10.1. The Morgan fingerprint density at radius 2 is 1.68 bits per heavy atom. The summed E-state index contributed by atoms with van der Waals surface area (Å²) in [5.41, 5.74) is 5.85. The first-order valence-electron chi connectivity index (χ1n) is 11.0. The van der Waals surface area contributed by atoms with Gasteiger partial charge < -0.3 is 0 Å². The van der Waals surface area contributed by atoms with E-state index < -0.39 is 6.43 Å². The molecule has 2 heterocycles. The molecular weight excluding hydrogens is 390 g/mol. The molecule has 0 amide bonds. The molecule has 0 aliphatic rings. The topological polar surface area (TPSA) is 25.8 Å². The Balaban J connectivity index is 1.76. The number of nitrogens with zero attached hydrogens (tertiary/aromatic N) is 2. The van der Waals surface area contributed by atoms with Crippen molar-refractivity contribution in [1.29, 1.82) is 0 Å². The molecule has 0 bridgehead atoms. The highest BCUT2D eigenvalue weighted by molar-refractivity contribution is 5.65. The van der Waals surface area contributed by atoms with Crippen molar-refractivity contribution < 1.29 is 8.78 Å². The number of rotatable bonds is 8. The summed E-state index contributed by atoms with van der Waals surface area (Å²) >= 11 is 0. The molecule has 0 N–H and O–H groups in total. The van der Waals surface area contributed by atoms with Crippen LogP contribution in [0.1, 0.15) is 74.5 Å². The van der Waals surface area contributed by atoms with E-state index in [0.29, 0.717) is 12.8 Å². The number of aryl methyl sites for hydroxylation is 2. The number of pyridine rings is 2. The lowest BCUT2D eigenvalue weighted by atomic mass is 9.88. The quantitative estimate of drug-likeness (QED) is 0.347. The van der Waals surface area contributed by atoms with Crippen molar-refractivity contribution in [2.24, 2.45) is 5.41 Å². The van der Waals surface area contributed by atoms with Crippen LogP contribution in [-0.4, -0.2) is 9.97 Å². The standard InChI is InChI=1S/C27H32F2N2/c1-19-8-9-20(18-31-19)15-24-16-23(12-14-30-24)22-11-10-21(25(17-22)26(28)29)7-5-6-13-27(2,3)4/h8-12,14,16-18,26H,5-7,13,15H2,1-4H3. The third-order valence-electron chi connectivity index (χ3n) is 5.51. The molecule has 0 saturated carbocycles. The van der Waals surface area contributed by atoms with E-state index in [1.54, 1.807) is 12.3 Å². The van der Waals surface area contributed by atoms with Crippen molar-refractivity contribution in [2.45, 2.75) is 66.2 Å². The Morgan fingerprint density at radius 3 is 2.35 bits per heavy atom. The van der Waals surface area contributed by atoms with Crippen LogP contribution in [0.3, 0.4) is 0 Å². The molecule has 1 aromatic carbocycles. The van der Waals surface area contributed by atoms with Crippen molar-refractivity contribution in [3.8, 4) is 11.1 Å². The normalized spacial score (nSPS) is 11.8. The van der Waals surface area contributed by atoms with Gasteiger partial charge in [0.15, 0.2) is 0 Å². The zero-order valence-electron chi connectivity index (χ0n) is 19.0. The van der Waals surface area contributed by atoms with Gasteiger partial charge in [-0.2, -0.15) is 0 Å². The van der Waals surface area contributed by atoms with Gasteiger partial charge in [0, 0.05) is 35.8 Å². The van der Waals surface area contributed by atoms with Gasteiger partial charge in [-0.15, -0.1) is 0 Å². The Hall–Kier alpha value is -2.62. The van der Waals surface area contributed by atoms with Crippen LogP contribution in [0.5, 0.6) is 0 Å². The highest BCUT2D eigenvalue weighted by atomic mass is 19.3. The maximum Gasteiger partial charge on any atom is 0.264 e. The van der Waals surface area contributed by atoms with Gasteiger partial charge in [-0.3, -0.25) is 9.97 Å². The van der Waals surface area contributed by atoms with Crippen LogP contribution in [0, 0.1) is 12.3 Å². The van der Waals surface area contributed by atoms with Gasteiger partial charge in [-0.1, -0.05) is 45.4 Å². The maximum absolute atomic E-state index is 13.8. The summed E-state index contributed by atoms with van der Waals surface area (Å²) < 4.78 is 27.6. The first kappa shape index (κ1) is 23.1. The molecule has 3 aromatic rings. The van der Waals surface area contributed by atoms with E-state index in [0.717, 1.165) is 52.9 Å². The third kappa shape index (κ3) is 6.95. The minimum Gasteiger partial charge on any atom is -0.261 e. The van der Waals surface area contributed by atoms with Crippen LogP contribution in [0.15, 0.2) is 54.9 Å². The van der Waals surface area contributed by atoms with Crippen LogP contribution in [0.2, 0.25) is 0 Å². The summed E-state index contributed by atoms with van der Waals surface area (Å²) in [6, 6.07) is 13.4. The summed E-state index contributed by atoms with van der Waals surface area (Å²) in [5.74, 6) is 0. The van der Waals surface area contributed by atoms with E-state index in [2.05, 4.69) is 30.7 Å². The lowest BCUT2D eigenvalue weighted by Crippen LogP contribution is -2.04. The van der Waals surface area contributed by atoms with Gasteiger partial charge in [-0.05, 0) is 78.1 Å². The van der Waals surface area contributed by atoms with Crippen LogP contribution in [0.25, 0.3) is 11.1 Å². The van der Waals surface area contributed by atoms with Gasteiger partial charge in [0.05, 0.1) is 0 Å². The van der Waals surface area contributed by atoms with Gasteiger partial charge >= 0.3 is 0 Å². The lowest BCUT2D eigenvalue weighted by Gasteiger charge is -2.18. The molecular formula is C27H32F2N2. The Labute approximate surface area is 184 Å². The molecule has 164 valence electrons. The first-order valence-corrected chi connectivity index (χ1v) is 11.0. The van der Waals surface area contributed by atoms with Crippen molar-refractivity contribution in [3.63, 3.8) is 0 Å². The highest BCUT2D eigenvalue weighted by Gasteiger charge is 2.15. The molecule has 3 rings (SSSR count). The lowest BCUT2D eigenvalue weighted by molar-refractivity contribution is 0.150. The number of hydrogen-bond acceptors (Lipinski definition) is 2. The largest absolute Gasteiger partial charge is 0.264 e. The minimum atomic E-state index is -2.47. The summed E-state index contributed by atoms with van der Waals surface area (Å²) in [6.07, 6.45) is 5.56. The van der Waals surface area contributed by atoms with E-state index in [4.69, 9.17) is 0 Å². The molecule has 0 aliphatic heterocycles. The molecule has 0 saturated heterocycles. The first-order chi connectivity index (χ1) is 14.7. The minimum absolute atomic E-state index is 0.148. The molecule has 0 atom stereocenters. The number of unbranched alkanes of at least 4 members (excludes halogenated alkanes) is 1. The van der Waals surface area contributed by atoms with Crippen LogP contribution < -0.4 is 0 Å². The maximum atomic E-state index is 13.8. The van der Waals surface area contributed by atoms with Crippen LogP contribution in [-0.2, 0) is 12.8 Å². The van der Waals surface area contributed by atoms with E-state index >= 15 is 0 Å². The van der Waals surface area contributed by atoms with Crippen molar-refractivity contribution in [2.75, 3.05) is 0 Å². The predicted molar refractivity (Wildman–Crippen MR) is 123 cm³/mol. The molecule has 31 heavy (non-hydrogen) atoms. The zero-order chi connectivity index (χ0) is 22.4. The van der Waals surface area contributed by atoms with Gasteiger partial charge in [0.2, 0.25) is 0 Å². The molecule has 0 fully saturated rings. The number of hydrogen-bond donors (Lipinski definition) is 0. The number of benzene rings is 1. The monoisotopic (exact) mass is 422 g/mol. The average molecular weight is 423 g/mol. The molecule has 2 aromatic heterocycles. The molecule has 0 radical (unpaired) electrons. The Kier molecular flexibility index (Phi) is 7.53. The van der Waals surface area contributed by atoms with Crippen LogP contribution in [0.4, 0.5) is 8.78 Å². The molecule has 4 heteroatoms.